The van der Waals surface area contributed by atoms with E-state index in [4.69, 9.17) is 9.47 Å². The molecule has 1 unspecified atom stereocenters. The molecule has 1 saturated heterocycles. The van der Waals surface area contributed by atoms with Gasteiger partial charge >= 0.3 is 11.9 Å². The van der Waals surface area contributed by atoms with Gasteiger partial charge in [-0.05, 0) is 30.6 Å². The molecule has 1 rings (SSSR count). The zero-order valence-electron chi connectivity index (χ0n) is 19.9. The van der Waals surface area contributed by atoms with Crippen LogP contribution in [0.15, 0.2) is 11.6 Å². The van der Waals surface area contributed by atoms with Crippen molar-refractivity contribution >= 4 is 11.9 Å². The summed E-state index contributed by atoms with van der Waals surface area (Å²) in [5.41, 5.74) is -0.553. The largest absolute Gasteiger partial charge is 0.461 e. The number of ether oxygens (including phenoxy) is 2. The predicted molar refractivity (Wildman–Crippen MR) is 120 cm³/mol. The first-order valence-electron chi connectivity index (χ1n) is 11.9. The van der Waals surface area contributed by atoms with E-state index in [1.165, 1.54) is 25.7 Å². The molecule has 1 fully saturated rings. The minimum Gasteiger partial charge on any atom is -0.461 e. The molecular weight excluding hydrogens is 380 g/mol. The number of cyclic esters (lactones) is 1. The number of aliphatic hydroxyl groups is 1. The number of rotatable bonds is 15. The Bertz CT molecular complexity index is 544. The molecule has 5 nitrogen and oxygen atoms in total. The molecule has 174 valence electrons. The normalized spacial score (nSPS) is 20.6. The predicted octanol–water partition coefficient (Wildman–Crippen LogP) is 5.59. The van der Waals surface area contributed by atoms with Crippen LogP contribution in [0.1, 0.15) is 98.8 Å². The second-order valence-corrected chi connectivity index (χ2v) is 9.56. The lowest BCUT2D eigenvalue weighted by molar-refractivity contribution is -0.166. The van der Waals surface area contributed by atoms with Crippen molar-refractivity contribution in [2.45, 2.75) is 104 Å². The zero-order chi connectivity index (χ0) is 22.6. The van der Waals surface area contributed by atoms with Crippen LogP contribution in [0.4, 0.5) is 0 Å². The average Bonchev–Trinajstić information content (AvgIpc) is 3.01. The van der Waals surface area contributed by atoms with Gasteiger partial charge in [-0.1, -0.05) is 79.2 Å². The molecular formula is C25H44O5. The van der Waals surface area contributed by atoms with Gasteiger partial charge in [-0.25, -0.2) is 4.79 Å². The average molecular weight is 425 g/mol. The molecule has 0 aromatic carbocycles. The van der Waals surface area contributed by atoms with Crippen LogP contribution in [0, 0.1) is 17.8 Å². The smallest absolute Gasteiger partial charge is 0.334 e. The Morgan fingerprint density at radius 1 is 1.10 bits per heavy atom. The number of esters is 2. The van der Waals surface area contributed by atoms with Gasteiger partial charge in [0.1, 0.15) is 6.61 Å². The molecule has 0 aliphatic carbocycles. The maximum absolute atomic E-state index is 12.3. The van der Waals surface area contributed by atoms with Crippen LogP contribution in [-0.4, -0.2) is 35.9 Å². The molecule has 30 heavy (non-hydrogen) atoms. The van der Waals surface area contributed by atoms with Crippen molar-refractivity contribution in [3.63, 3.8) is 0 Å². The highest BCUT2D eigenvalue weighted by atomic mass is 16.6. The van der Waals surface area contributed by atoms with E-state index in [1.807, 2.05) is 6.08 Å². The van der Waals surface area contributed by atoms with E-state index < -0.39 is 11.6 Å². The van der Waals surface area contributed by atoms with Crippen molar-refractivity contribution in [2.75, 3.05) is 13.2 Å². The molecule has 1 aliphatic heterocycles. The van der Waals surface area contributed by atoms with Crippen molar-refractivity contribution in [3.8, 4) is 0 Å². The Morgan fingerprint density at radius 2 is 1.70 bits per heavy atom. The van der Waals surface area contributed by atoms with E-state index in [0.29, 0.717) is 29.7 Å². The second-order valence-electron chi connectivity index (χ2n) is 9.56. The quantitative estimate of drug-likeness (QED) is 0.211. The van der Waals surface area contributed by atoms with Gasteiger partial charge in [0.15, 0.2) is 5.60 Å². The van der Waals surface area contributed by atoms with Crippen molar-refractivity contribution in [2.24, 2.45) is 17.8 Å². The summed E-state index contributed by atoms with van der Waals surface area (Å²) < 4.78 is 10.8. The van der Waals surface area contributed by atoms with Gasteiger partial charge in [0, 0.05) is 18.4 Å². The molecule has 1 heterocycles. The number of hydrogen-bond donors (Lipinski definition) is 1. The van der Waals surface area contributed by atoms with Crippen LogP contribution >= 0.6 is 0 Å². The van der Waals surface area contributed by atoms with Crippen LogP contribution in [0.3, 0.4) is 0 Å². The van der Waals surface area contributed by atoms with E-state index in [-0.39, 0.29) is 25.6 Å². The molecule has 0 amide bonds. The van der Waals surface area contributed by atoms with Crippen molar-refractivity contribution in [1.29, 1.82) is 0 Å². The van der Waals surface area contributed by atoms with Gasteiger partial charge in [-0.2, -0.15) is 0 Å². The Balaban J connectivity index is 2.46. The van der Waals surface area contributed by atoms with Crippen LogP contribution in [0.2, 0.25) is 0 Å². The minimum atomic E-state index is -1.14. The molecule has 1 N–H and O–H groups in total. The molecule has 1 aliphatic rings. The third-order valence-corrected chi connectivity index (χ3v) is 6.20. The summed E-state index contributed by atoms with van der Waals surface area (Å²) >= 11 is 0. The lowest BCUT2D eigenvalue weighted by atomic mass is 9.82. The zero-order valence-corrected chi connectivity index (χ0v) is 19.9. The fraction of sp³-hybridized carbons (Fsp3) is 0.840. The van der Waals surface area contributed by atoms with Gasteiger partial charge in [-0.15, -0.1) is 0 Å². The topological polar surface area (TPSA) is 72.8 Å². The lowest BCUT2D eigenvalue weighted by Gasteiger charge is -2.24. The van der Waals surface area contributed by atoms with Crippen molar-refractivity contribution in [1.82, 2.24) is 0 Å². The van der Waals surface area contributed by atoms with E-state index in [0.717, 1.165) is 25.7 Å². The first-order chi connectivity index (χ1) is 14.2. The Morgan fingerprint density at radius 3 is 2.27 bits per heavy atom. The lowest BCUT2D eigenvalue weighted by Crippen LogP contribution is -2.39. The van der Waals surface area contributed by atoms with E-state index in [2.05, 4.69) is 34.6 Å². The Labute approximate surface area is 183 Å². The summed E-state index contributed by atoms with van der Waals surface area (Å²) in [6, 6.07) is 0. The monoisotopic (exact) mass is 424 g/mol. The van der Waals surface area contributed by atoms with Gasteiger partial charge in [0.05, 0.1) is 6.61 Å². The number of carbonyl (C=O) groups is 2. The molecule has 0 bridgehead atoms. The molecule has 1 atom stereocenters. The second kappa shape index (κ2) is 13.8. The van der Waals surface area contributed by atoms with E-state index in [1.54, 1.807) is 0 Å². The van der Waals surface area contributed by atoms with Gasteiger partial charge in [-0.3, -0.25) is 4.79 Å². The summed E-state index contributed by atoms with van der Waals surface area (Å²) in [5, 5.41) is 9.84. The maximum Gasteiger partial charge on any atom is 0.334 e. The molecule has 0 saturated carbocycles. The molecule has 0 aromatic heterocycles. The van der Waals surface area contributed by atoms with E-state index >= 15 is 0 Å². The molecule has 5 heteroatoms. The van der Waals surface area contributed by atoms with Crippen LogP contribution in [0.25, 0.3) is 0 Å². The third-order valence-electron chi connectivity index (χ3n) is 6.20. The third kappa shape index (κ3) is 9.20. The van der Waals surface area contributed by atoms with Gasteiger partial charge in [0.25, 0.3) is 0 Å². The Hall–Kier alpha value is -1.36. The number of allylic oxidation sites excluding steroid dienone is 1. The molecule has 0 spiro atoms. The van der Waals surface area contributed by atoms with Crippen LogP contribution in [-0.2, 0) is 19.1 Å². The van der Waals surface area contributed by atoms with Crippen LogP contribution in [0.5, 0.6) is 0 Å². The maximum atomic E-state index is 12.3. The number of aliphatic hydroxyl groups excluding tert-OH is 1. The van der Waals surface area contributed by atoms with Gasteiger partial charge < -0.3 is 14.6 Å². The van der Waals surface area contributed by atoms with Crippen molar-refractivity contribution in [3.05, 3.63) is 11.6 Å². The van der Waals surface area contributed by atoms with Crippen molar-refractivity contribution < 1.29 is 24.2 Å². The van der Waals surface area contributed by atoms with Crippen LogP contribution < -0.4 is 0 Å². The summed E-state index contributed by atoms with van der Waals surface area (Å²) in [7, 11) is 0. The number of carbonyl (C=O) groups excluding carboxylic acids is 2. The fourth-order valence-electron chi connectivity index (χ4n) is 4.19. The first kappa shape index (κ1) is 26.7. The standard InChI is InChI=1S/C25H44O5/c1-6-7-8-9-10-11-12-13-23(27)29-18-25(17-26)16-21(24(28)30-25)14-15-22(19(2)3)20(4)5/h14,19-20,22,26H,6-13,15-18H2,1-5H3/b21-14+. The SMILES string of the molecule is CCCCCCCCCC(=O)OCC1(CO)C/C(=C\CC(C(C)C)C(C)C)C(=O)O1. The summed E-state index contributed by atoms with van der Waals surface area (Å²) in [6.45, 7) is 10.5. The fourth-order valence-corrected chi connectivity index (χ4v) is 4.19. The summed E-state index contributed by atoms with van der Waals surface area (Å²) in [5.74, 6) is 0.834. The first-order valence-corrected chi connectivity index (χ1v) is 11.9. The summed E-state index contributed by atoms with van der Waals surface area (Å²) in [6.07, 6.45) is 11.4. The van der Waals surface area contributed by atoms with Gasteiger partial charge in [0.2, 0.25) is 0 Å². The minimum absolute atomic E-state index is 0.0836. The Kier molecular flexibility index (Phi) is 12.3. The highest BCUT2D eigenvalue weighted by Gasteiger charge is 2.44. The highest BCUT2D eigenvalue weighted by molar-refractivity contribution is 5.91. The summed E-state index contributed by atoms with van der Waals surface area (Å²) in [4.78, 5) is 24.4. The van der Waals surface area contributed by atoms with E-state index in [9.17, 15) is 14.7 Å². The molecule has 0 aromatic rings. The number of hydrogen-bond acceptors (Lipinski definition) is 5. The molecule has 0 radical (unpaired) electrons. The number of unbranched alkanes of at least 4 members (excludes halogenated alkanes) is 6. The highest BCUT2D eigenvalue weighted by Crippen LogP contribution is 2.33.